The van der Waals surface area contributed by atoms with Gasteiger partial charge in [0.2, 0.25) is 0 Å². The smallest absolute Gasteiger partial charge is 0.407 e. The first-order valence-corrected chi connectivity index (χ1v) is 6.74. The molecule has 0 fully saturated rings. The lowest BCUT2D eigenvalue weighted by Gasteiger charge is -2.10. The average Bonchev–Trinajstić information content (AvgIpc) is 2.46. The highest BCUT2D eigenvalue weighted by Crippen LogP contribution is 2.19. The second-order valence-electron chi connectivity index (χ2n) is 4.87. The van der Waals surface area contributed by atoms with Gasteiger partial charge in [-0.1, -0.05) is 48.5 Å². The highest BCUT2D eigenvalue weighted by atomic mass is 16.6. The summed E-state index contributed by atoms with van der Waals surface area (Å²) in [5.41, 5.74) is 3.35. The van der Waals surface area contributed by atoms with Crippen LogP contribution in [0.5, 0.6) is 0 Å². The Morgan fingerprint density at radius 1 is 1.05 bits per heavy atom. The molecule has 0 aliphatic rings. The molecule has 0 saturated carbocycles. The van der Waals surface area contributed by atoms with Gasteiger partial charge in [0, 0.05) is 6.54 Å². The van der Waals surface area contributed by atoms with Crippen LogP contribution in [0.2, 0.25) is 0 Å². The minimum Gasteiger partial charge on any atom is -0.447 e. The normalized spacial score (nSPS) is 10.3. The summed E-state index contributed by atoms with van der Waals surface area (Å²) in [6.45, 7) is 4.12. The summed E-state index contributed by atoms with van der Waals surface area (Å²) in [5.74, 6) is 0. The lowest BCUT2D eigenvalue weighted by molar-refractivity contribution is 0.115. The van der Waals surface area contributed by atoms with Crippen molar-refractivity contribution in [3.05, 3.63) is 60.2 Å². The van der Waals surface area contributed by atoms with Gasteiger partial charge in [0.05, 0.1) is 6.10 Å². The SMILES string of the molecule is CC(C)OC(=O)NCc1cccc(-c2ccccc2)c1. The van der Waals surface area contributed by atoms with Gasteiger partial charge in [0.25, 0.3) is 0 Å². The molecule has 0 bridgehead atoms. The van der Waals surface area contributed by atoms with Crippen LogP contribution in [-0.2, 0) is 11.3 Å². The van der Waals surface area contributed by atoms with Crippen molar-refractivity contribution in [2.24, 2.45) is 0 Å². The van der Waals surface area contributed by atoms with Gasteiger partial charge in [0.1, 0.15) is 0 Å². The number of rotatable bonds is 4. The average molecular weight is 269 g/mol. The Bertz CT molecular complexity index is 564. The molecular formula is C17H19NO2. The molecule has 1 N–H and O–H groups in total. The summed E-state index contributed by atoms with van der Waals surface area (Å²) in [4.78, 5) is 11.4. The van der Waals surface area contributed by atoms with E-state index in [9.17, 15) is 4.79 Å². The molecule has 0 aliphatic carbocycles. The maximum absolute atomic E-state index is 11.4. The lowest BCUT2D eigenvalue weighted by atomic mass is 10.0. The van der Waals surface area contributed by atoms with Gasteiger partial charge < -0.3 is 10.1 Å². The zero-order chi connectivity index (χ0) is 14.4. The van der Waals surface area contributed by atoms with E-state index in [-0.39, 0.29) is 12.2 Å². The quantitative estimate of drug-likeness (QED) is 0.911. The Balaban J connectivity index is 2.02. The van der Waals surface area contributed by atoms with Crippen molar-refractivity contribution in [3.63, 3.8) is 0 Å². The summed E-state index contributed by atoms with van der Waals surface area (Å²) >= 11 is 0. The monoisotopic (exact) mass is 269 g/mol. The molecule has 0 radical (unpaired) electrons. The van der Waals surface area contributed by atoms with E-state index < -0.39 is 0 Å². The molecule has 2 aromatic rings. The third kappa shape index (κ3) is 4.12. The van der Waals surface area contributed by atoms with E-state index in [1.54, 1.807) is 0 Å². The maximum Gasteiger partial charge on any atom is 0.407 e. The van der Waals surface area contributed by atoms with E-state index in [1.807, 2.05) is 44.2 Å². The largest absolute Gasteiger partial charge is 0.447 e. The molecule has 104 valence electrons. The van der Waals surface area contributed by atoms with Crippen molar-refractivity contribution in [3.8, 4) is 11.1 Å². The van der Waals surface area contributed by atoms with Crippen LogP contribution in [0, 0.1) is 0 Å². The lowest BCUT2D eigenvalue weighted by Crippen LogP contribution is -2.26. The van der Waals surface area contributed by atoms with Gasteiger partial charge in [-0.05, 0) is 36.6 Å². The van der Waals surface area contributed by atoms with Crippen LogP contribution in [0.1, 0.15) is 19.4 Å². The number of amides is 1. The van der Waals surface area contributed by atoms with Crippen LogP contribution in [0.25, 0.3) is 11.1 Å². The van der Waals surface area contributed by atoms with Crippen LogP contribution in [0.4, 0.5) is 4.79 Å². The summed E-state index contributed by atoms with van der Waals surface area (Å²) in [6, 6.07) is 18.3. The molecule has 0 saturated heterocycles. The van der Waals surface area contributed by atoms with Crippen LogP contribution in [-0.4, -0.2) is 12.2 Å². The molecule has 0 atom stereocenters. The summed E-state index contributed by atoms with van der Waals surface area (Å²) in [6.07, 6.45) is -0.490. The Labute approximate surface area is 119 Å². The number of ether oxygens (including phenoxy) is 1. The third-order valence-electron chi connectivity index (χ3n) is 2.81. The molecule has 3 nitrogen and oxygen atoms in total. The molecule has 1 amide bonds. The molecule has 0 aromatic heterocycles. The van der Waals surface area contributed by atoms with Crippen molar-refractivity contribution in [2.45, 2.75) is 26.5 Å². The fraction of sp³-hybridized carbons (Fsp3) is 0.235. The molecule has 0 spiro atoms. The minimum atomic E-state index is -0.384. The van der Waals surface area contributed by atoms with Crippen molar-refractivity contribution in [1.82, 2.24) is 5.32 Å². The van der Waals surface area contributed by atoms with E-state index >= 15 is 0 Å². The van der Waals surface area contributed by atoms with Gasteiger partial charge in [-0.25, -0.2) is 4.79 Å². The van der Waals surface area contributed by atoms with Gasteiger partial charge in [-0.2, -0.15) is 0 Å². The van der Waals surface area contributed by atoms with Crippen molar-refractivity contribution >= 4 is 6.09 Å². The number of benzene rings is 2. The van der Waals surface area contributed by atoms with Crippen LogP contribution in [0.15, 0.2) is 54.6 Å². The van der Waals surface area contributed by atoms with E-state index in [0.29, 0.717) is 6.54 Å². The highest BCUT2D eigenvalue weighted by molar-refractivity contribution is 5.68. The molecule has 2 rings (SSSR count). The third-order valence-corrected chi connectivity index (χ3v) is 2.81. The maximum atomic E-state index is 11.4. The summed E-state index contributed by atoms with van der Waals surface area (Å²) < 4.78 is 5.04. The zero-order valence-corrected chi connectivity index (χ0v) is 11.8. The molecular weight excluding hydrogens is 250 g/mol. The summed E-state index contributed by atoms with van der Waals surface area (Å²) in [5, 5.41) is 2.75. The van der Waals surface area contributed by atoms with E-state index in [4.69, 9.17) is 4.74 Å². The Morgan fingerprint density at radius 2 is 1.75 bits per heavy atom. The van der Waals surface area contributed by atoms with Gasteiger partial charge in [0.15, 0.2) is 0 Å². The predicted octanol–water partition coefficient (Wildman–Crippen LogP) is 3.99. The zero-order valence-electron chi connectivity index (χ0n) is 11.8. The van der Waals surface area contributed by atoms with Crippen LogP contribution < -0.4 is 5.32 Å². The Hall–Kier alpha value is -2.29. The van der Waals surface area contributed by atoms with Gasteiger partial charge in [-0.3, -0.25) is 0 Å². The van der Waals surface area contributed by atoms with E-state index in [2.05, 4.69) is 29.6 Å². The van der Waals surface area contributed by atoms with Crippen LogP contribution in [0.3, 0.4) is 0 Å². The Morgan fingerprint density at radius 3 is 2.45 bits per heavy atom. The first-order valence-electron chi connectivity index (χ1n) is 6.74. The van der Waals surface area contributed by atoms with Gasteiger partial charge >= 0.3 is 6.09 Å². The number of hydrogen-bond acceptors (Lipinski definition) is 2. The standard InChI is InChI=1S/C17H19NO2/c1-13(2)20-17(19)18-12-14-7-6-10-16(11-14)15-8-4-3-5-9-15/h3-11,13H,12H2,1-2H3,(H,18,19). The fourth-order valence-corrected chi connectivity index (χ4v) is 1.92. The van der Waals surface area contributed by atoms with Crippen LogP contribution >= 0.6 is 0 Å². The number of alkyl carbamates (subject to hydrolysis) is 1. The molecule has 20 heavy (non-hydrogen) atoms. The van der Waals surface area contributed by atoms with Crippen molar-refractivity contribution in [1.29, 1.82) is 0 Å². The molecule has 0 heterocycles. The second-order valence-corrected chi connectivity index (χ2v) is 4.87. The summed E-state index contributed by atoms with van der Waals surface area (Å²) in [7, 11) is 0. The fourth-order valence-electron chi connectivity index (χ4n) is 1.92. The first-order chi connectivity index (χ1) is 9.65. The number of nitrogens with one attached hydrogen (secondary N) is 1. The Kier molecular flexibility index (Phi) is 4.77. The highest BCUT2D eigenvalue weighted by Gasteiger charge is 2.05. The van der Waals surface area contributed by atoms with Gasteiger partial charge in [-0.15, -0.1) is 0 Å². The topological polar surface area (TPSA) is 38.3 Å². The molecule has 2 aromatic carbocycles. The number of hydrogen-bond donors (Lipinski definition) is 1. The molecule has 3 heteroatoms. The second kappa shape index (κ2) is 6.75. The molecule has 0 unspecified atom stereocenters. The number of carbonyl (C=O) groups is 1. The first kappa shape index (κ1) is 14.1. The number of carbonyl (C=O) groups excluding carboxylic acids is 1. The van der Waals surface area contributed by atoms with Crippen molar-refractivity contribution in [2.75, 3.05) is 0 Å². The minimum absolute atomic E-state index is 0.106. The van der Waals surface area contributed by atoms with E-state index in [1.165, 1.54) is 5.56 Å². The van der Waals surface area contributed by atoms with E-state index in [0.717, 1.165) is 11.1 Å². The molecule has 0 aliphatic heterocycles. The van der Waals surface area contributed by atoms with Crippen molar-refractivity contribution < 1.29 is 9.53 Å². The predicted molar refractivity (Wildman–Crippen MR) is 80.3 cm³/mol.